The fourth-order valence-electron chi connectivity index (χ4n) is 4.35. The number of amides is 1. The fraction of sp³-hybridized carbons (Fsp3) is 0.227. The van der Waals surface area contributed by atoms with Gasteiger partial charge in [0.05, 0.1) is 5.39 Å². The number of hydrogen-bond acceptors (Lipinski definition) is 7. The molecule has 1 atom stereocenters. The minimum atomic E-state index is -0.906. The summed E-state index contributed by atoms with van der Waals surface area (Å²) in [6.07, 6.45) is 4.49. The van der Waals surface area contributed by atoms with Crippen LogP contribution in [0.1, 0.15) is 18.0 Å². The summed E-state index contributed by atoms with van der Waals surface area (Å²) in [5.41, 5.74) is 9.82. The lowest BCUT2D eigenvalue weighted by Gasteiger charge is -2.16. The number of aromatic nitrogens is 5. The van der Waals surface area contributed by atoms with Crippen molar-refractivity contribution in [1.29, 1.82) is 0 Å². The number of likely N-dealkylation sites (tertiary alicyclic amines) is 1. The van der Waals surface area contributed by atoms with Gasteiger partial charge >= 0.3 is 12.1 Å². The first-order valence-electron chi connectivity index (χ1n) is 10.1. The molecule has 0 radical (unpaired) electrons. The summed E-state index contributed by atoms with van der Waals surface area (Å²) < 4.78 is 7.71. The van der Waals surface area contributed by atoms with Crippen LogP contribution in [0, 0.1) is 0 Å². The maximum absolute atomic E-state index is 11.5. The molecule has 1 saturated heterocycles. The number of hydrogen-bond donors (Lipinski definition) is 2. The molecule has 1 aromatic carbocycles. The van der Waals surface area contributed by atoms with Gasteiger partial charge in [0.25, 0.3) is 0 Å². The van der Waals surface area contributed by atoms with Crippen LogP contribution in [0.4, 0.5) is 10.6 Å². The van der Waals surface area contributed by atoms with Crippen molar-refractivity contribution in [1.82, 2.24) is 29.4 Å². The van der Waals surface area contributed by atoms with Crippen molar-refractivity contribution in [3.8, 4) is 22.9 Å². The van der Waals surface area contributed by atoms with Gasteiger partial charge in [-0.15, -0.1) is 0 Å². The first-order chi connectivity index (χ1) is 15.5. The van der Waals surface area contributed by atoms with Crippen LogP contribution in [0.3, 0.4) is 0 Å². The highest BCUT2D eigenvalue weighted by Gasteiger charge is 2.33. The summed E-state index contributed by atoms with van der Waals surface area (Å²) in [7, 11) is 1.93. The fourth-order valence-corrected chi connectivity index (χ4v) is 4.35. The van der Waals surface area contributed by atoms with Crippen LogP contribution in [0.15, 0.2) is 49.1 Å². The van der Waals surface area contributed by atoms with Crippen LogP contribution in [-0.4, -0.2) is 53.7 Å². The highest BCUT2D eigenvalue weighted by atomic mass is 16.5. The zero-order chi connectivity index (χ0) is 22.2. The third-order valence-corrected chi connectivity index (χ3v) is 5.78. The first-order valence-corrected chi connectivity index (χ1v) is 10.1. The van der Waals surface area contributed by atoms with E-state index < -0.39 is 6.09 Å². The quantitative estimate of drug-likeness (QED) is 0.503. The van der Waals surface area contributed by atoms with Crippen LogP contribution < -0.4 is 10.5 Å². The standard InChI is InChI=1S/C22H21N7O3/c1-28-18(14-7-10-29(11-14)22(30)31)16(17-19(23)26-12-27-20(17)28)13-3-5-15(6-4-13)32-21-24-8-2-9-25-21/h2-6,8-9,12,14H,7,10-11H2,1H3,(H,30,31)(H2,23,26,27). The maximum Gasteiger partial charge on any atom is 0.407 e. The number of ether oxygens (including phenoxy) is 1. The van der Waals surface area contributed by atoms with Crippen molar-refractivity contribution in [3.63, 3.8) is 0 Å². The van der Waals surface area contributed by atoms with Gasteiger partial charge in [0.2, 0.25) is 0 Å². The molecule has 5 rings (SSSR count). The predicted molar refractivity (Wildman–Crippen MR) is 117 cm³/mol. The van der Waals surface area contributed by atoms with Gasteiger partial charge in [0.1, 0.15) is 23.5 Å². The second kappa shape index (κ2) is 7.80. The molecule has 0 aliphatic carbocycles. The lowest BCUT2D eigenvalue weighted by molar-refractivity contribution is 0.155. The molecular formula is C22H21N7O3. The molecule has 10 heteroatoms. The van der Waals surface area contributed by atoms with Gasteiger partial charge in [0, 0.05) is 49.7 Å². The Balaban J connectivity index is 1.59. The van der Waals surface area contributed by atoms with Crippen LogP contribution in [-0.2, 0) is 7.05 Å². The van der Waals surface area contributed by atoms with E-state index in [-0.39, 0.29) is 11.9 Å². The molecule has 1 amide bonds. The topological polar surface area (TPSA) is 132 Å². The Labute approximate surface area is 183 Å². The zero-order valence-electron chi connectivity index (χ0n) is 17.3. The number of nitrogens with zero attached hydrogens (tertiary/aromatic N) is 6. The monoisotopic (exact) mass is 431 g/mol. The van der Waals surface area contributed by atoms with E-state index in [4.69, 9.17) is 10.5 Å². The molecule has 4 heterocycles. The minimum Gasteiger partial charge on any atom is -0.465 e. The van der Waals surface area contributed by atoms with E-state index in [1.807, 2.05) is 35.9 Å². The molecule has 4 aromatic rings. The molecule has 1 aliphatic rings. The van der Waals surface area contributed by atoms with Crippen molar-refractivity contribution in [2.24, 2.45) is 7.05 Å². The lowest BCUT2D eigenvalue weighted by Crippen LogP contribution is -2.26. The van der Waals surface area contributed by atoms with Crippen molar-refractivity contribution in [2.75, 3.05) is 18.8 Å². The Bertz CT molecular complexity index is 1290. The van der Waals surface area contributed by atoms with Crippen molar-refractivity contribution >= 4 is 22.9 Å². The second-order valence-electron chi connectivity index (χ2n) is 7.65. The number of nitrogens with two attached hydrogens (primary N) is 1. The van der Waals surface area contributed by atoms with Gasteiger partial charge < -0.3 is 25.0 Å². The second-order valence-corrected chi connectivity index (χ2v) is 7.65. The third kappa shape index (κ3) is 3.35. The van der Waals surface area contributed by atoms with Crippen molar-refractivity contribution in [2.45, 2.75) is 12.3 Å². The van der Waals surface area contributed by atoms with E-state index in [1.165, 1.54) is 11.2 Å². The number of anilines is 1. The Hall–Kier alpha value is -4.21. The third-order valence-electron chi connectivity index (χ3n) is 5.78. The van der Waals surface area contributed by atoms with Crippen LogP contribution in [0.5, 0.6) is 11.8 Å². The predicted octanol–water partition coefficient (Wildman–Crippen LogP) is 3.27. The molecule has 32 heavy (non-hydrogen) atoms. The average Bonchev–Trinajstić information content (AvgIpc) is 3.39. The largest absolute Gasteiger partial charge is 0.465 e. The number of nitrogen functional groups attached to an aromatic ring is 1. The number of carboxylic acid groups (broad SMARTS) is 1. The SMILES string of the molecule is Cn1c(C2CCN(C(=O)O)C2)c(-c2ccc(Oc3ncccn3)cc2)c2c(N)ncnc21. The maximum atomic E-state index is 11.5. The van der Waals surface area contributed by atoms with Gasteiger partial charge in [-0.1, -0.05) is 12.1 Å². The summed E-state index contributed by atoms with van der Waals surface area (Å²) in [6.45, 7) is 0.915. The van der Waals surface area contributed by atoms with Gasteiger partial charge in [-0.2, -0.15) is 0 Å². The molecule has 1 fully saturated rings. The van der Waals surface area contributed by atoms with Gasteiger partial charge in [-0.25, -0.2) is 24.7 Å². The summed E-state index contributed by atoms with van der Waals surface area (Å²) in [5, 5.41) is 10.2. The summed E-state index contributed by atoms with van der Waals surface area (Å²) in [5.74, 6) is 1.01. The van der Waals surface area contributed by atoms with Crippen LogP contribution in [0.25, 0.3) is 22.2 Å². The van der Waals surface area contributed by atoms with Crippen LogP contribution >= 0.6 is 0 Å². The molecule has 1 aliphatic heterocycles. The molecule has 0 bridgehead atoms. The highest BCUT2D eigenvalue weighted by Crippen LogP contribution is 2.42. The van der Waals surface area contributed by atoms with Crippen LogP contribution in [0.2, 0.25) is 0 Å². The Kier molecular flexibility index (Phi) is 4.81. The van der Waals surface area contributed by atoms with E-state index in [0.717, 1.165) is 28.6 Å². The summed E-state index contributed by atoms with van der Waals surface area (Å²) in [4.78, 5) is 29.7. The number of benzene rings is 1. The van der Waals surface area contributed by atoms with E-state index in [0.29, 0.717) is 30.3 Å². The summed E-state index contributed by atoms with van der Waals surface area (Å²) >= 11 is 0. The normalized spacial score (nSPS) is 15.9. The van der Waals surface area contributed by atoms with E-state index >= 15 is 0 Å². The van der Waals surface area contributed by atoms with Gasteiger partial charge in [-0.05, 0) is 30.2 Å². The molecular weight excluding hydrogens is 410 g/mol. The molecule has 3 N–H and O–H groups in total. The Morgan fingerprint density at radius 2 is 1.91 bits per heavy atom. The zero-order valence-corrected chi connectivity index (χ0v) is 17.3. The number of rotatable bonds is 4. The van der Waals surface area contributed by atoms with Gasteiger partial charge in [-0.3, -0.25) is 0 Å². The lowest BCUT2D eigenvalue weighted by atomic mass is 9.94. The Morgan fingerprint density at radius 1 is 1.16 bits per heavy atom. The van der Waals surface area contributed by atoms with E-state index in [1.54, 1.807) is 18.5 Å². The Morgan fingerprint density at radius 3 is 2.59 bits per heavy atom. The average molecular weight is 431 g/mol. The highest BCUT2D eigenvalue weighted by molar-refractivity contribution is 6.02. The molecule has 3 aromatic heterocycles. The van der Waals surface area contributed by atoms with Gasteiger partial charge in [0.15, 0.2) is 0 Å². The first kappa shape index (κ1) is 19.7. The number of fused-ring (bicyclic) bond motifs is 1. The van der Waals surface area contributed by atoms with Crippen molar-refractivity contribution in [3.05, 3.63) is 54.7 Å². The molecule has 10 nitrogen and oxygen atoms in total. The van der Waals surface area contributed by atoms with E-state index in [2.05, 4.69) is 19.9 Å². The molecule has 1 unspecified atom stereocenters. The minimum absolute atomic E-state index is 0.0216. The number of aryl methyl sites for hydroxylation is 1. The molecule has 162 valence electrons. The van der Waals surface area contributed by atoms with E-state index in [9.17, 15) is 9.90 Å². The smallest absolute Gasteiger partial charge is 0.407 e. The number of carbonyl (C=O) groups is 1. The van der Waals surface area contributed by atoms with Crippen molar-refractivity contribution < 1.29 is 14.6 Å². The molecule has 0 saturated carbocycles. The summed E-state index contributed by atoms with van der Waals surface area (Å²) in [6, 6.07) is 9.54. The molecule has 0 spiro atoms.